The van der Waals surface area contributed by atoms with Crippen LogP contribution in [0.3, 0.4) is 0 Å². The minimum atomic E-state index is 0.491. The first-order chi connectivity index (χ1) is 10.0. The number of hydrogen-bond donors (Lipinski definition) is 1. The van der Waals surface area contributed by atoms with E-state index in [1.165, 1.54) is 38.5 Å². The van der Waals surface area contributed by atoms with Crippen molar-refractivity contribution in [1.82, 2.24) is 5.32 Å². The van der Waals surface area contributed by atoms with Crippen LogP contribution in [0.2, 0.25) is 0 Å². The molecule has 0 aliphatic heterocycles. The number of nitrogens with one attached hydrogen (secondary N) is 1. The average Bonchev–Trinajstić information content (AvgIpc) is 2.95. The Labute approximate surface area is 135 Å². The number of thiophene rings is 1. The molecule has 21 heavy (non-hydrogen) atoms. The van der Waals surface area contributed by atoms with E-state index < -0.39 is 0 Å². The zero-order valence-electron chi connectivity index (χ0n) is 14.3. The lowest BCUT2D eigenvalue weighted by Gasteiger charge is -2.39. The summed E-state index contributed by atoms with van der Waals surface area (Å²) in [5.41, 5.74) is 0.491. The molecule has 2 rings (SSSR count). The van der Waals surface area contributed by atoms with Gasteiger partial charge in [0.2, 0.25) is 0 Å². The van der Waals surface area contributed by atoms with Crippen LogP contribution in [0.15, 0.2) is 17.5 Å². The van der Waals surface area contributed by atoms with E-state index in [4.69, 9.17) is 0 Å². The summed E-state index contributed by atoms with van der Waals surface area (Å²) in [5.74, 6) is 1.79. The van der Waals surface area contributed by atoms with Crippen molar-refractivity contribution in [3.8, 4) is 0 Å². The van der Waals surface area contributed by atoms with Gasteiger partial charge in [0.1, 0.15) is 0 Å². The van der Waals surface area contributed by atoms with Crippen molar-refractivity contribution in [2.24, 2.45) is 17.3 Å². The number of rotatable bonds is 6. The molecule has 0 spiro atoms. The molecule has 1 saturated carbocycles. The highest BCUT2D eigenvalue weighted by Crippen LogP contribution is 2.41. The Balaban J connectivity index is 1.92. The Morgan fingerprint density at radius 3 is 2.48 bits per heavy atom. The smallest absolute Gasteiger partial charge is 0.0144 e. The molecule has 0 radical (unpaired) electrons. The minimum Gasteiger partial charge on any atom is -0.313 e. The molecule has 1 aliphatic rings. The molecule has 2 heteroatoms. The summed E-state index contributed by atoms with van der Waals surface area (Å²) in [6.07, 6.45) is 8.12. The topological polar surface area (TPSA) is 12.0 Å². The number of hydrogen-bond acceptors (Lipinski definition) is 2. The molecule has 1 aliphatic carbocycles. The molecule has 1 atom stereocenters. The van der Waals surface area contributed by atoms with E-state index in [0.29, 0.717) is 11.5 Å². The first-order valence-electron chi connectivity index (χ1n) is 8.76. The van der Waals surface area contributed by atoms with Gasteiger partial charge in [0.25, 0.3) is 0 Å². The fourth-order valence-corrected chi connectivity index (χ4v) is 4.53. The Morgan fingerprint density at radius 1 is 1.24 bits per heavy atom. The van der Waals surface area contributed by atoms with E-state index in [1.54, 1.807) is 4.88 Å². The van der Waals surface area contributed by atoms with Gasteiger partial charge in [-0.2, -0.15) is 0 Å². The predicted molar refractivity (Wildman–Crippen MR) is 95.0 cm³/mol. The van der Waals surface area contributed by atoms with Crippen LogP contribution in [0.5, 0.6) is 0 Å². The average molecular weight is 308 g/mol. The zero-order chi connectivity index (χ0) is 15.3. The van der Waals surface area contributed by atoms with Gasteiger partial charge in [-0.15, -0.1) is 11.3 Å². The Hall–Kier alpha value is -0.340. The monoisotopic (exact) mass is 307 g/mol. The highest BCUT2D eigenvalue weighted by atomic mass is 32.1. The first kappa shape index (κ1) is 17.0. The molecular formula is C19H33NS. The van der Waals surface area contributed by atoms with E-state index in [1.807, 2.05) is 11.3 Å². The molecule has 0 amide bonds. The van der Waals surface area contributed by atoms with Crippen LogP contribution in [0.1, 0.15) is 64.7 Å². The van der Waals surface area contributed by atoms with E-state index in [-0.39, 0.29) is 0 Å². The van der Waals surface area contributed by atoms with Gasteiger partial charge in [-0.25, -0.2) is 0 Å². The SMILES string of the molecule is CCCNC(Cc1cccs1)C1CCC(C(C)(C)C)CC1. The van der Waals surface area contributed by atoms with E-state index in [9.17, 15) is 0 Å². The summed E-state index contributed by atoms with van der Waals surface area (Å²) in [5, 5.41) is 6.05. The predicted octanol–water partition coefficient (Wildman–Crippen LogP) is 5.51. The van der Waals surface area contributed by atoms with E-state index in [2.05, 4.69) is 50.5 Å². The van der Waals surface area contributed by atoms with Gasteiger partial charge in [-0.05, 0) is 73.8 Å². The third kappa shape index (κ3) is 5.10. The molecular weight excluding hydrogens is 274 g/mol. The second-order valence-electron chi connectivity index (χ2n) is 7.82. The van der Waals surface area contributed by atoms with Gasteiger partial charge in [-0.1, -0.05) is 33.8 Å². The lowest BCUT2D eigenvalue weighted by molar-refractivity contribution is 0.132. The van der Waals surface area contributed by atoms with Crippen LogP contribution >= 0.6 is 11.3 Å². The molecule has 0 aromatic carbocycles. The molecule has 1 N–H and O–H groups in total. The fourth-order valence-electron chi connectivity index (χ4n) is 3.77. The largest absolute Gasteiger partial charge is 0.313 e. The molecule has 1 heterocycles. The molecule has 1 unspecified atom stereocenters. The van der Waals surface area contributed by atoms with Crippen molar-refractivity contribution in [2.75, 3.05) is 6.54 Å². The molecule has 120 valence electrons. The van der Waals surface area contributed by atoms with Gasteiger partial charge < -0.3 is 5.32 Å². The third-order valence-electron chi connectivity index (χ3n) is 5.22. The van der Waals surface area contributed by atoms with Crippen molar-refractivity contribution in [3.05, 3.63) is 22.4 Å². The maximum absolute atomic E-state index is 3.84. The highest BCUT2D eigenvalue weighted by molar-refractivity contribution is 7.09. The normalized spacial score (nSPS) is 25.0. The Morgan fingerprint density at radius 2 is 1.95 bits per heavy atom. The van der Waals surface area contributed by atoms with Crippen LogP contribution in [0.4, 0.5) is 0 Å². The van der Waals surface area contributed by atoms with Gasteiger partial charge >= 0.3 is 0 Å². The minimum absolute atomic E-state index is 0.491. The van der Waals surface area contributed by atoms with E-state index in [0.717, 1.165) is 18.4 Å². The second kappa shape index (κ2) is 7.78. The van der Waals surface area contributed by atoms with Crippen LogP contribution in [0.25, 0.3) is 0 Å². The summed E-state index contributed by atoms with van der Waals surface area (Å²) in [6, 6.07) is 5.17. The fraction of sp³-hybridized carbons (Fsp3) is 0.789. The van der Waals surface area contributed by atoms with Gasteiger partial charge in [0.05, 0.1) is 0 Å². The summed E-state index contributed by atoms with van der Waals surface area (Å²) < 4.78 is 0. The molecule has 1 fully saturated rings. The summed E-state index contributed by atoms with van der Waals surface area (Å²) in [6.45, 7) is 10.7. The zero-order valence-corrected chi connectivity index (χ0v) is 15.1. The van der Waals surface area contributed by atoms with E-state index >= 15 is 0 Å². The van der Waals surface area contributed by atoms with Crippen molar-refractivity contribution in [1.29, 1.82) is 0 Å². The maximum atomic E-state index is 3.84. The molecule has 1 nitrogen and oxygen atoms in total. The summed E-state index contributed by atoms with van der Waals surface area (Å²) >= 11 is 1.91. The van der Waals surface area contributed by atoms with Crippen molar-refractivity contribution in [2.45, 2.75) is 72.3 Å². The van der Waals surface area contributed by atoms with Crippen molar-refractivity contribution < 1.29 is 0 Å². The van der Waals surface area contributed by atoms with Crippen molar-refractivity contribution in [3.63, 3.8) is 0 Å². The Kier molecular flexibility index (Phi) is 6.31. The molecule has 1 aromatic rings. The summed E-state index contributed by atoms with van der Waals surface area (Å²) in [4.78, 5) is 1.54. The van der Waals surface area contributed by atoms with Gasteiger partial charge in [0.15, 0.2) is 0 Å². The van der Waals surface area contributed by atoms with Crippen molar-refractivity contribution >= 4 is 11.3 Å². The standard InChI is InChI=1S/C19H33NS/c1-5-12-20-18(14-17-7-6-13-21-17)15-8-10-16(11-9-15)19(2,3)4/h6-7,13,15-16,18,20H,5,8-12,14H2,1-4H3. The first-order valence-corrected chi connectivity index (χ1v) is 9.64. The van der Waals surface area contributed by atoms with Gasteiger partial charge in [-0.3, -0.25) is 0 Å². The van der Waals surface area contributed by atoms with Crippen LogP contribution in [-0.2, 0) is 6.42 Å². The lowest BCUT2D eigenvalue weighted by atomic mass is 9.68. The summed E-state index contributed by atoms with van der Waals surface area (Å²) in [7, 11) is 0. The lowest BCUT2D eigenvalue weighted by Crippen LogP contribution is -2.41. The molecule has 1 aromatic heterocycles. The third-order valence-corrected chi connectivity index (χ3v) is 6.12. The molecule has 0 saturated heterocycles. The second-order valence-corrected chi connectivity index (χ2v) is 8.85. The molecule has 0 bridgehead atoms. The maximum Gasteiger partial charge on any atom is 0.0144 e. The quantitative estimate of drug-likeness (QED) is 0.730. The van der Waals surface area contributed by atoms with Crippen LogP contribution in [0, 0.1) is 17.3 Å². The van der Waals surface area contributed by atoms with Crippen LogP contribution < -0.4 is 5.32 Å². The van der Waals surface area contributed by atoms with Gasteiger partial charge in [0, 0.05) is 10.9 Å². The highest BCUT2D eigenvalue weighted by Gasteiger charge is 2.32. The van der Waals surface area contributed by atoms with Crippen LogP contribution in [-0.4, -0.2) is 12.6 Å². The Bertz CT molecular complexity index is 382.